The highest BCUT2D eigenvalue weighted by Gasteiger charge is 2.45. The number of nitro groups is 1. The molecule has 0 spiro atoms. The van der Waals surface area contributed by atoms with E-state index < -0.39 is 56.7 Å². The lowest BCUT2D eigenvalue weighted by atomic mass is 10.2. The number of aromatic hydroxyl groups is 1. The van der Waals surface area contributed by atoms with Crippen LogP contribution in [0, 0.1) is 21.1 Å². The maximum absolute atomic E-state index is 14.0. The lowest BCUT2D eigenvalue weighted by molar-refractivity contribution is -0.385. The zero-order chi connectivity index (χ0) is 16.8. The van der Waals surface area contributed by atoms with Crippen molar-refractivity contribution in [1.82, 2.24) is 9.66 Å². The summed E-state index contributed by atoms with van der Waals surface area (Å²) in [5.74, 6) is -3.00. The summed E-state index contributed by atoms with van der Waals surface area (Å²) in [6.45, 7) is -3.10. The Kier molecular flexibility index (Phi) is 3.89. The Morgan fingerprint density at radius 3 is 2.64 bits per heavy atom. The van der Waals surface area contributed by atoms with Crippen LogP contribution in [0.3, 0.4) is 0 Å². The molecule has 2 rings (SSSR count). The second-order valence-corrected chi connectivity index (χ2v) is 4.79. The number of phenolic OH excluding ortho intramolecular Hbond substituents is 1. The van der Waals surface area contributed by atoms with Crippen molar-refractivity contribution in [3.63, 3.8) is 0 Å². The van der Waals surface area contributed by atoms with Crippen molar-refractivity contribution in [1.29, 1.82) is 0 Å². The number of alkyl halides is 2. The van der Waals surface area contributed by atoms with Gasteiger partial charge in [0.25, 0.3) is 5.69 Å². The third-order valence-corrected chi connectivity index (χ3v) is 3.28. The van der Waals surface area contributed by atoms with Crippen molar-refractivity contribution in [2.75, 3.05) is 6.67 Å². The van der Waals surface area contributed by atoms with E-state index in [1.165, 1.54) is 0 Å². The first kappa shape index (κ1) is 16.3. The van der Waals surface area contributed by atoms with E-state index in [2.05, 4.69) is 5.10 Å². The van der Waals surface area contributed by atoms with Gasteiger partial charge >= 0.3 is 12.2 Å². The van der Waals surface area contributed by atoms with Crippen LogP contribution in [0.4, 0.5) is 24.5 Å². The van der Waals surface area contributed by atoms with E-state index >= 15 is 0 Å². The predicted molar refractivity (Wildman–Crippen MR) is 70.7 cm³/mol. The van der Waals surface area contributed by atoms with Crippen molar-refractivity contribution >= 4 is 28.8 Å². The molecule has 120 valence electrons. The van der Waals surface area contributed by atoms with Crippen LogP contribution in [-0.4, -0.2) is 34.0 Å². The molecule has 0 saturated heterocycles. The van der Waals surface area contributed by atoms with Crippen LogP contribution in [0.1, 0.15) is 6.92 Å². The third-order valence-electron chi connectivity index (χ3n) is 2.99. The fraction of sp³-hybridized carbons (Fsp3) is 0.300. The van der Waals surface area contributed by atoms with Gasteiger partial charge in [-0.3, -0.25) is 10.1 Å². The highest BCUT2D eigenvalue weighted by molar-refractivity contribution is 6.32. The standard InChI is InChI=1S/C10H8ClF3N4O4/c1-4-15-18(22,3-16(4)10(13)14)8-6(12)2-5(11)9(19)7(8)17(20)21/h2,10,19H,3H2,1H3. The van der Waals surface area contributed by atoms with E-state index in [-0.39, 0.29) is 4.90 Å². The van der Waals surface area contributed by atoms with Gasteiger partial charge in [0.15, 0.2) is 18.3 Å². The quantitative estimate of drug-likeness (QED) is 0.300. The molecule has 1 aromatic rings. The molecule has 8 nitrogen and oxygen atoms in total. The molecule has 1 aliphatic rings. The minimum atomic E-state index is -3.10. The van der Waals surface area contributed by atoms with Crippen molar-refractivity contribution in [3.8, 4) is 5.75 Å². The lowest BCUT2D eigenvalue weighted by Crippen LogP contribution is -2.43. The number of halogens is 4. The van der Waals surface area contributed by atoms with Gasteiger partial charge in [0.2, 0.25) is 5.75 Å². The van der Waals surface area contributed by atoms with Crippen LogP contribution in [0.2, 0.25) is 5.02 Å². The maximum Gasteiger partial charge on any atom is 0.378 e. The van der Waals surface area contributed by atoms with Crippen LogP contribution in [0.5, 0.6) is 5.75 Å². The van der Waals surface area contributed by atoms with E-state index in [4.69, 9.17) is 11.6 Å². The van der Waals surface area contributed by atoms with Gasteiger partial charge < -0.3 is 10.3 Å². The van der Waals surface area contributed by atoms with E-state index in [0.29, 0.717) is 6.07 Å². The Morgan fingerprint density at radius 2 is 2.18 bits per heavy atom. The van der Waals surface area contributed by atoms with Crippen molar-refractivity contribution < 1.29 is 23.2 Å². The van der Waals surface area contributed by atoms with E-state index in [1.807, 2.05) is 0 Å². The van der Waals surface area contributed by atoms with Crippen LogP contribution in [0.25, 0.3) is 0 Å². The predicted octanol–water partition coefficient (Wildman–Crippen LogP) is 2.73. The van der Waals surface area contributed by atoms with Crippen LogP contribution >= 0.6 is 11.6 Å². The van der Waals surface area contributed by atoms with Gasteiger partial charge in [0, 0.05) is 6.07 Å². The molecular weight excluding hydrogens is 333 g/mol. The topological polar surface area (TPSA) is 102 Å². The fourth-order valence-corrected chi connectivity index (χ4v) is 2.23. The first-order valence-corrected chi connectivity index (χ1v) is 6.03. The molecule has 1 N–H and O–H groups in total. The Bertz CT molecular complexity index is 687. The molecule has 1 heterocycles. The van der Waals surface area contributed by atoms with E-state index in [1.54, 1.807) is 0 Å². The van der Waals surface area contributed by atoms with Gasteiger partial charge in [-0.2, -0.15) is 17.9 Å². The molecule has 1 aromatic carbocycles. The largest absolute Gasteiger partial charge is 0.598 e. The Labute approximate surface area is 125 Å². The summed E-state index contributed by atoms with van der Waals surface area (Å²) in [7, 11) is 0. The summed E-state index contributed by atoms with van der Waals surface area (Å²) in [6, 6.07) is 0.479. The Hall–Kier alpha value is -2.11. The number of quaternary nitrogens is 1. The van der Waals surface area contributed by atoms with Gasteiger partial charge in [0.05, 0.1) is 9.95 Å². The summed E-state index contributed by atoms with van der Waals surface area (Å²) in [5, 5.41) is 35.7. The summed E-state index contributed by atoms with van der Waals surface area (Å²) < 4.78 is 37.4. The molecule has 0 fully saturated rings. The highest BCUT2D eigenvalue weighted by Crippen LogP contribution is 2.47. The van der Waals surface area contributed by atoms with Crippen LogP contribution in [0.15, 0.2) is 11.2 Å². The van der Waals surface area contributed by atoms with Gasteiger partial charge in [-0.1, -0.05) is 16.7 Å². The number of nitrogens with zero attached hydrogens (tertiary/aromatic N) is 4. The van der Waals surface area contributed by atoms with E-state index in [9.17, 15) is 33.6 Å². The highest BCUT2D eigenvalue weighted by atomic mass is 35.5. The second kappa shape index (κ2) is 5.26. The number of rotatable bonds is 3. The number of hydrogen-bond acceptors (Lipinski definition) is 6. The monoisotopic (exact) mass is 340 g/mol. The van der Waals surface area contributed by atoms with Crippen molar-refractivity contribution in [2.24, 2.45) is 5.10 Å². The molecule has 0 saturated carbocycles. The zero-order valence-electron chi connectivity index (χ0n) is 10.8. The molecule has 0 bridgehead atoms. The second-order valence-electron chi connectivity index (χ2n) is 4.38. The lowest BCUT2D eigenvalue weighted by Gasteiger charge is -2.31. The average molecular weight is 341 g/mol. The van der Waals surface area contributed by atoms with Gasteiger partial charge in [-0.15, -0.1) is 0 Å². The number of amidine groups is 1. The maximum atomic E-state index is 14.0. The van der Waals surface area contributed by atoms with Crippen LogP contribution in [-0.2, 0) is 0 Å². The first-order valence-electron chi connectivity index (χ1n) is 5.65. The van der Waals surface area contributed by atoms with Crippen molar-refractivity contribution in [2.45, 2.75) is 13.5 Å². The molecule has 1 aliphatic heterocycles. The Balaban J connectivity index is 2.68. The summed E-state index contributed by atoms with van der Waals surface area (Å²) in [4.78, 5) is 10.0. The number of nitro benzene ring substituents is 1. The van der Waals surface area contributed by atoms with Crippen LogP contribution < -0.4 is 4.76 Å². The normalized spacial score (nSPS) is 21.4. The molecule has 0 radical (unpaired) electrons. The number of phenols is 1. The summed E-state index contributed by atoms with van der Waals surface area (Å²) in [6.07, 6.45) is 0. The third kappa shape index (κ3) is 2.42. The summed E-state index contributed by atoms with van der Waals surface area (Å²) in [5.41, 5.74) is -2.51. The van der Waals surface area contributed by atoms with Gasteiger partial charge in [0.1, 0.15) is 0 Å². The number of benzene rings is 1. The minimum Gasteiger partial charge on any atom is -0.598 e. The molecule has 0 aliphatic carbocycles. The molecule has 12 heteroatoms. The van der Waals surface area contributed by atoms with E-state index in [0.717, 1.165) is 6.92 Å². The molecule has 1 unspecified atom stereocenters. The molecule has 0 aromatic heterocycles. The molecule has 22 heavy (non-hydrogen) atoms. The number of hydroxylamine groups is 1. The van der Waals surface area contributed by atoms with Crippen molar-refractivity contribution in [3.05, 3.63) is 32.2 Å². The molecule has 0 amide bonds. The SMILES string of the molecule is CC1=N[N+]([O-])(c2c(F)cc(Cl)c(O)c2[N+](=O)[O-])CN1C(F)F. The van der Waals surface area contributed by atoms with Gasteiger partial charge in [-0.05, 0) is 6.92 Å². The number of hydrogen-bond donors (Lipinski definition) is 1. The fourth-order valence-electron chi connectivity index (χ4n) is 2.05. The average Bonchev–Trinajstić information content (AvgIpc) is 2.69. The molecule has 1 atom stereocenters. The zero-order valence-corrected chi connectivity index (χ0v) is 11.6. The smallest absolute Gasteiger partial charge is 0.378 e. The molecular formula is C10H8ClF3N4O4. The van der Waals surface area contributed by atoms with Gasteiger partial charge in [-0.25, -0.2) is 4.90 Å². The summed E-state index contributed by atoms with van der Waals surface area (Å²) >= 11 is 5.43. The minimum absolute atomic E-state index is 0.252. The first-order chi connectivity index (χ1) is 10.1. The Morgan fingerprint density at radius 1 is 1.59 bits per heavy atom.